The van der Waals surface area contributed by atoms with Gasteiger partial charge in [0.05, 0.1) is 17.0 Å². The number of hydrogen-bond donors (Lipinski definition) is 3. The number of alkyl halides is 3. The number of carbonyl (C=O) groups is 4. The first-order chi connectivity index (χ1) is 21.6. The third-order valence-electron chi connectivity index (χ3n) is 9.34. The first-order valence-corrected chi connectivity index (χ1v) is 15.3. The molecule has 0 radical (unpaired) electrons. The molecule has 2 fully saturated rings. The summed E-state index contributed by atoms with van der Waals surface area (Å²) in [5, 5.41) is 7.08. The van der Waals surface area contributed by atoms with Gasteiger partial charge in [-0.1, -0.05) is 19.9 Å². The van der Waals surface area contributed by atoms with Crippen molar-refractivity contribution in [2.45, 2.75) is 70.6 Å². The lowest BCUT2D eigenvalue weighted by Gasteiger charge is -2.39. The summed E-state index contributed by atoms with van der Waals surface area (Å²) in [6.07, 6.45) is -1.54. The molecule has 1 aromatic heterocycles. The summed E-state index contributed by atoms with van der Waals surface area (Å²) >= 11 is 0. The first kappa shape index (κ1) is 31.6. The highest BCUT2D eigenvalue weighted by Crippen LogP contribution is 2.44. The van der Waals surface area contributed by atoms with Gasteiger partial charge in [-0.15, -0.1) is 0 Å². The van der Waals surface area contributed by atoms with Crippen LogP contribution in [-0.4, -0.2) is 64.4 Å². The molecule has 6 rings (SSSR count). The molecule has 3 aliphatic rings. The molecule has 1 saturated carbocycles. The fourth-order valence-electron chi connectivity index (χ4n) is 7.04. The molecule has 1 saturated heterocycles. The molecular weight excluding hydrogens is 606 g/mol. The molecule has 3 amide bonds. The van der Waals surface area contributed by atoms with Gasteiger partial charge in [0.1, 0.15) is 5.82 Å². The van der Waals surface area contributed by atoms with Crippen LogP contribution in [0.1, 0.15) is 66.8 Å². The Morgan fingerprint density at radius 1 is 0.957 bits per heavy atom. The van der Waals surface area contributed by atoms with Gasteiger partial charge in [-0.3, -0.25) is 23.7 Å². The van der Waals surface area contributed by atoms with Crippen LogP contribution < -0.4 is 16.4 Å². The van der Waals surface area contributed by atoms with E-state index in [1.807, 2.05) is 19.9 Å². The van der Waals surface area contributed by atoms with Crippen molar-refractivity contribution in [2.75, 3.05) is 18.4 Å². The number of hydrogen-bond acceptors (Lipinski definition) is 5. The quantitative estimate of drug-likeness (QED) is 0.326. The predicted octanol–water partition coefficient (Wildman–Crippen LogP) is 5.02. The molecule has 0 atom stereocenters. The molecular formula is C33H35F4N5O4. The van der Waals surface area contributed by atoms with Crippen LogP contribution in [0.15, 0.2) is 36.4 Å². The molecule has 13 heteroatoms. The van der Waals surface area contributed by atoms with Crippen LogP contribution in [0.4, 0.5) is 23.2 Å². The maximum atomic E-state index is 14.3. The van der Waals surface area contributed by atoms with E-state index in [-0.39, 0.29) is 42.4 Å². The lowest BCUT2D eigenvalue weighted by molar-refractivity contribution is -0.192. The minimum atomic E-state index is -4.95. The Morgan fingerprint density at radius 2 is 1.63 bits per heavy atom. The number of benzene rings is 2. The van der Waals surface area contributed by atoms with Crippen molar-refractivity contribution in [3.05, 3.63) is 53.5 Å². The third-order valence-corrected chi connectivity index (χ3v) is 9.34. The lowest BCUT2D eigenvalue weighted by Crippen LogP contribution is -2.59. The summed E-state index contributed by atoms with van der Waals surface area (Å²) in [5.41, 5.74) is 9.09. The molecule has 9 nitrogen and oxygen atoms in total. The second kappa shape index (κ2) is 11.4. The zero-order valence-electron chi connectivity index (χ0n) is 25.5. The molecule has 244 valence electrons. The van der Waals surface area contributed by atoms with Crippen molar-refractivity contribution in [1.82, 2.24) is 14.8 Å². The molecule has 0 spiro atoms. The maximum Gasteiger partial charge on any atom is 0.471 e. The average molecular weight is 642 g/mol. The highest BCUT2D eigenvalue weighted by Gasteiger charge is 2.48. The van der Waals surface area contributed by atoms with Crippen molar-refractivity contribution in [2.24, 2.45) is 17.1 Å². The maximum absolute atomic E-state index is 14.3. The summed E-state index contributed by atoms with van der Waals surface area (Å²) in [5.74, 6) is -4.13. The smallest absolute Gasteiger partial charge is 0.382 e. The van der Waals surface area contributed by atoms with Crippen molar-refractivity contribution in [3.63, 3.8) is 0 Å². The van der Waals surface area contributed by atoms with Crippen LogP contribution >= 0.6 is 0 Å². The van der Waals surface area contributed by atoms with E-state index in [4.69, 9.17) is 5.73 Å². The Morgan fingerprint density at radius 3 is 2.28 bits per heavy atom. The number of amides is 3. The van der Waals surface area contributed by atoms with E-state index < -0.39 is 29.7 Å². The zero-order chi connectivity index (χ0) is 33.1. The number of primary amides is 1. The number of nitrogens with two attached hydrogens (primary N) is 1. The molecule has 3 aromatic rings. The van der Waals surface area contributed by atoms with Crippen molar-refractivity contribution in [3.8, 4) is 11.1 Å². The van der Waals surface area contributed by atoms with Crippen molar-refractivity contribution >= 4 is 40.2 Å². The number of carbonyl (C=O) groups excluding carboxylic acids is 4. The fraction of sp³-hybridized carbons (Fsp3) is 0.455. The molecule has 1 aliphatic carbocycles. The van der Waals surface area contributed by atoms with Crippen LogP contribution in [0.3, 0.4) is 0 Å². The van der Waals surface area contributed by atoms with E-state index in [9.17, 15) is 36.7 Å². The van der Waals surface area contributed by atoms with Gasteiger partial charge in [0.15, 0.2) is 0 Å². The average Bonchev–Trinajstić information content (AvgIpc) is 3.24. The minimum absolute atomic E-state index is 0.0561. The number of likely N-dealkylation sites (tertiary alicyclic amines) is 1. The molecule has 4 N–H and O–H groups in total. The molecule has 2 aromatic carbocycles. The van der Waals surface area contributed by atoms with Crippen LogP contribution in [0.2, 0.25) is 0 Å². The number of halogens is 4. The summed E-state index contributed by atoms with van der Waals surface area (Å²) in [6.45, 7) is 3.53. The number of aromatic nitrogens is 1. The van der Waals surface area contributed by atoms with Gasteiger partial charge in [0.2, 0.25) is 11.8 Å². The largest absolute Gasteiger partial charge is 0.471 e. The van der Waals surface area contributed by atoms with Gasteiger partial charge in [0, 0.05) is 53.9 Å². The number of rotatable bonds is 6. The summed E-state index contributed by atoms with van der Waals surface area (Å²) in [6, 6.07) is 9.45. The Labute approximate surface area is 262 Å². The van der Waals surface area contributed by atoms with Gasteiger partial charge >= 0.3 is 12.1 Å². The molecule has 46 heavy (non-hydrogen) atoms. The van der Waals surface area contributed by atoms with E-state index in [1.54, 1.807) is 22.8 Å². The van der Waals surface area contributed by atoms with Gasteiger partial charge in [0.25, 0.3) is 5.91 Å². The lowest BCUT2D eigenvalue weighted by atomic mass is 9.80. The Balaban J connectivity index is 1.18. The summed E-state index contributed by atoms with van der Waals surface area (Å²) in [7, 11) is 0. The first-order valence-electron chi connectivity index (χ1n) is 15.3. The zero-order valence-corrected chi connectivity index (χ0v) is 25.5. The Bertz CT molecular complexity index is 1750. The Hall–Kier alpha value is -4.42. The minimum Gasteiger partial charge on any atom is -0.382 e. The van der Waals surface area contributed by atoms with Crippen molar-refractivity contribution < 1.29 is 36.7 Å². The van der Waals surface area contributed by atoms with Crippen LogP contribution in [-0.2, 0) is 16.0 Å². The number of nitrogens with one attached hydrogen (secondary N) is 2. The highest BCUT2D eigenvalue weighted by molar-refractivity contribution is 6.06. The molecule has 3 heterocycles. The van der Waals surface area contributed by atoms with E-state index in [2.05, 4.69) is 10.6 Å². The molecule has 2 aliphatic heterocycles. The normalized spacial score (nSPS) is 21.4. The van der Waals surface area contributed by atoms with Crippen LogP contribution in [0.5, 0.6) is 0 Å². The number of nitrogens with zero attached hydrogens (tertiary/aromatic N) is 2. The summed E-state index contributed by atoms with van der Waals surface area (Å²) < 4.78 is 53.8. The fourth-order valence-corrected chi connectivity index (χ4v) is 7.04. The molecule has 0 bridgehead atoms. The second-order valence-electron chi connectivity index (χ2n) is 13.5. The second-order valence-corrected chi connectivity index (χ2v) is 13.5. The molecule has 0 unspecified atom stereocenters. The topological polar surface area (TPSA) is 127 Å². The van der Waals surface area contributed by atoms with Gasteiger partial charge in [-0.25, -0.2) is 4.39 Å². The van der Waals surface area contributed by atoms with E-state index in [0.717, 1.165) is 22.2 Å². The third kappa shape index (κ3) is 5.94. The Kier molecular flexibility index (Phi) is 7.84. The van der Waals surface area contributed by atoms with Crippen molar-refractivity contribution in [1.29, 1.82) is 0 Å². The number of anilines is 1. The van der Waals surface area contributed by atoms with Gasteiger partial charge in [-0.2, -0.15) is 13.2 Å². The SMILES string of the molecule is CC1(C)CC(=O)n2c(c(-c3ccc(C(N)=O)c(NC4CCC(NC(=O)C5CN(C(=O)C(F)(F)F)C5)CC4)c3)c3ccc(F)cc32)C1. The van der Waals surface area contributed by atoms with Gasteiger partial charge < -0.3 is 21.3 Å². The highest BCUT2D eigenvalue weighted by atomic mass is 19.4. The van der Waals surface area contributed by atoms with E-state index in [1.165, 1.54) is 12.1 Å². The predicted molar refractivity (Wildman–Crippen MR) is 163 cm³/mol. The monoisotopic (exact) mass is 641 g/mol. The van der Waals surface area contributed by atoms with Crippen LogP contribution in [0.25, 0.3) is 22.0 Å². The van der Waals surface area contributed by atoms with Gasteiger partial charge in [-0.05, 0) is 73.4 Å². The number of fused-ring (bicyclic) bond motifs is 3. The summed E-state index contributed by atoms with van der Waals surface area (Å²) in [4.78, 5) is 50.2. The standard InChI is InChI=1S/C33H35F4N5O4/c1-32(2)13-26-28(23-10-4-19(34)12-25(23)42(26)27(43)14-32)17-3-9-22(29(38)44)24(11-17)39-20-5-7-21(8-6-20)40-30(45)18-15-41(16-18)31(46)33(35,36)37/h3-4,9-12,18,20-21,39H,5-8,13-16H2,1-2H3,(H2,38,44)(H,40,45). The van der Waals surface area contributed by atoms with E-state index in [0.29, 0.717) is 60.2 Å². The van der Waals surface area contributed by atoms with E-state index >= 15 is 0 Å². The van der Waals surface area contributed by atoms with Crippen LogP contribution in [0, 0.1) is 17.2 Å².